The number of pyridine rings is 1. The summed E-state index contributed by atoms with van der Waals surface area (Å²) in [4.78, 5) is 4.10. The SMILES string of the molecule is CCCNc1ncccc1S(=O)(=O)Nc1nnns1. The number of hydrogen-bond acceptors (Lipinski definition) is 8. The van der Waals surface area contributed by atoms with Gasteiger partial charge in [0.15, 0.2) is 0 Å². The molecule has 2 N–H and O–H groups in total. The van der Waals surface area contributed by atoms with E-state index in [2.05, 4.69) is 29.8 Å². The average Bonchev–Trinajstić information content (AvgIpc) is 2.88. The second kappa shape index (κ2) is 5.89. The standard InChI is InChI=1S/C9H12N6O2S2/c1-2-5-10-8-7(4-3-6-11-8)19(16,17)13-9-12-14-15-18-9/h3-4,6H,2,5H2,1H3,(H,10,11)(H,12,13,15). The summed E-state index contributed by atoms with van der Waals surface area (Å²) in [6.07, 6.45) is 2.40. The van der Waals surface area contributed by atoms with Gasteiger partial charge in [-0.15, -0.1) is 0 Å². The molecule has 102 valence electrons. The van der Waals surface area contributed by atoms with Gasteiger partial charge in [0.05, 0.1) is 0 Å². The fraction of sp³-hybridized carbons (Fsp3) is 0.333. The molecule has 0 atom stereocenters. The van der Waals surface area contributed by atoms with Gasteiger partial charge in [-0.3, -0.25) is 4.72 Å². The fourth-order valence-electron chi connectivity index (χ4n) is 1.33. The minimum Gasteiger partial charge on any atom is -0.369 e. The molecule has 2 aromatic rings. The van der Waals surface area contributed by atoms with Crippen molar-refractivity contribution in [3.63, 3.8) is 0 Å². The highest BCUT2D eigenvalue weighted by Crippen LogP contribution is 2.21. The summed E-state index contributed by atoms with van der Waals surface area (Å²) in [6.45, 7) is 2.62. The van der Waals surface area contributed by atoms with Gasteiger partial charge in [0.25, 0.3) is 10.0 Å². The number of rotatable bonds is 6. The molecule has 0 saturated heterocycles. The molecule has 0 bridgehead atoms. The van der Waals surface area contributed by atoms with Crippen LogP contribution in [0.3, 0.4) is 0 Å². The van der Waals surface area contributed by atoms with E-state index in [1.807, 2.05) is 6.92 Å². The fourth-order valence-corrected chi connectivity index (χ4v) is 3.05. The first-order valence-electron chi connectivity index (χ1n) is 5.50. The van der Waals surface area contributed by atoms with Crippen molar-refractivity contribution in [3.05, 3.63) is 18.3 Å². The summed E-state index contributed by atoms with van der Waals surface area (Å²) in [5.74, 6) is 0.314. The van der Waals surface area contributed by atoms with Crippen molar-refractivity contribution in [2.24, 2.45) is 0 Å². The van der Waals surface area contributed by atoms with Gasteiger partial charge in [0.1, 0.15) is 10.7 Å². The van der Waals surface area contributed by atoms with Gasteiger partial charge < -0.3 is 5.32 Å². The van der Waals surface area contributed by atoms with Gasteiger partial charge in [-0.1, -0.05) is 16.5 Å². The van der Waals surface area contributed by atoms with Crippen LogP contribution in [-0.2, 0) is 10.0 Å². The maximum absolute atomic E-state index is 12.2. The summed E-state index contributed by atoms with van der Waals surface area (Å²) in [5, 5.41) is 9.96. The summed E-state index contributed by atoms with van der Waals surface area (Å²) in [7, 11) is -3.75. The lowest BCUT2D eigenvalue weighted by atomic mass is 10.4. The summed E-state index contributed by atoms with van der Waals surface area (Å²) < 4.78 is 30.2. The predicted octanol–water partition coefficient (Wildman–Crippen LogP) is 0.951. The van der Waals surface area contributed by atoms with Crippen molar-refractivity contribution in [2.45, 2.75) is 18.2 Å². The number of hydrogen-bond donors (Lipinski definition) is 2. The number of nitrogens with one attached hydrogen (secondary N) is 2. The molecule has 0 spiro atoms. The number of sulfonamides is 1. The van der Waals surface area contributed by atoms with Crippen LogP contribution in [0.15, 0.2) is 23.2 Å². The van der Waals surface area contributed by atoms with Crippen molar-refractivity contribution in [1.82, 2.24) is 19.8 Å². The molecule has 0 amide bonds. The smallest absolute Gasteiger partial charge is 0.267 e. The quantitative estimate of drug-likeness (QED) is 0.817. The van der Waals surface area contributed by atoms with Crippen molar-refractivity contribution < 1.29 is 8.42 Å². The minimum atomic E-state index is -3.75. The third-order valence-electron chi connectivity index (χ3n) is 2.12. The highest BCUT2D eigenvalue weighted by Gasteiger charge is 2.20. The molecule has 0 aliphatic rings. The second-order valence-corrected chi connectivity index (χ2v) is 5.93. The first-order chi connectivity index (χ1) is 9.13. The minimum absolute atomic E-state index is 0.0682. The Morgan fingerprint density at radius 1 is 1.42 bits per heavy atom. The number of anilines is 2. The molecule has 8 nitrogen and oxygen atoms in total. The van der Waals surface area contributed by atoms with Crippen molar-refractivity contribution in [2.75, 3.05) is 16.6 Å². The van der Waals surface area contributed by atoms with Crippen molar-refractivity contribution in [1.29, 1.82) is 0 Å². The summed E-state index contributed by atoms with van der Waals surface area (Å²) in [5.41, 5.74) is 0. The van der Waals surface area contributed by atoms with E-state index >= 15 is 0 Å². The topological polar surface area (TPSA) is 110 Å². The zero-order valence-electron chi connectivity index (χ0n) is 10.1. The van der Waals surface area contributed by atoms with Gasteiger partial charge in [-0.2, -0.15) is 0 Å². The Morgan fingerprint density at radius 2 is 2.26 bits per heavy atom. The molecule has 0 aliphatic heterocycles. The molecule has 10 heteroatoms. The van der Waals surface area contributed by atoms with Gasteiger partial charge >= 0.3 is 0 Å². The molecule has 0 aliphatic carbocycles. The molecule has 2 heterocycles. The van der Waals surface area contributed by atoms with Crippen LogP contribution in [0.25, 0.3) is 0 Å². The Bertz CT molecular complexity index is 628. The van der Waals surface area contributed by atoms with Crippen molar-refractivity contribution >= 4 is 32.5 Å². The van der Waals surface area contributed by atoms with Gasteiger partial charge in [-0.05, 0) is 23.8 Å². The zero-order valence-corrected chi connectivity index (χ0v) is 11.7. The lowest BCUT2D eigenvalue weighted by Crippen LogP contribution is -2.16. The normalized spacial score (nSPS) is 11.2. The molecule has 0 unspecified atom stereocenters. The van der Waals surface area contributed by atoms with E-state index in [9.17, 15) is 8.42 Å². The molecule has 0 fully saturated rings. The largest absolute Gasteiger partial charge is 0.369 e. The van der Waals surface area contributed by atoms with E-state index in [1.165, 1.54) is 12.3 Å². The monoisotopic (exact) mass is 300 g/mol. The van der Waals surface area contributed by atoms with Gasteiger partial charge in [0, 0.05) is 24.3 Å². The highest BCUT2D eigenvalue weighted by molar-refractivity contribution is 7.93. The Morgan fingerprint density at radius 3 is 2.95 bits per heavy atom. The number of nitrogens with zero attached hydrogens (tertiary/aromatic N) is 4. The molecular formula is C9H12N6O2S2. The molecule has 0 saturated carbocycles. The van der Waals surface area contributed by atoms with Crippen LogP contribution in [0.2, 0.25) is 0 Å². The Kier molecular flexibility index (Phi) is 4.22. The van der Waals surface area contributed by atoms with Crippen LogP contribution in [0, 0.1) is 0 Å². The van der Waals surface area contributed by atoms with E-state index in [4.69, 9.17) is 0 Å². The highest BCUT2D eigenvalue weighted by atomic mass is 32.2. The molecule has 2 rings (SSSR count). The van der Waals surface area contributed by atoms with Crippen LogP contribution in [0.5, 0.6) is 0 Å². The third kappa shape index (κ3) is 3.35. The Hall–Kier alpha value is -1.81. The summed E-state index contributed by atoms with van der Waals surface area (Å²) >= 11 is 0.865. The zero-order chi connectivity index (χ0) is 13.7. The van der Waals surface area contributed by atoms with E-state index in [1.54, 1.807) is 6.07 Å². The molecular weight excluding hydrogens is 288 g/mol. The predicted molar refractivity (Wildman–Crippen MR) is 71.5 cm³/mol. The maximum Gasteiger partial charge on any atom is 0.267 e. The molecule has 0 radical (unpaired) electrons. The molecule has 19 heavy (non-hydrogen) atoms. The van der Waals surface area contributed by atoms with E-state index in [-0.39, 0.29) is 10.0 Å². The van der Waals surface area contributed by atoms with Gasteiger partial charge in [0.2, 0.25) is 5.13 Å². The Balaban J connectivity index is 2.29. The first-order valence-corrected chi connectivity index (χ1v) is 7.76. The maximum atomic E-state index is 12.2. The molecule has 2 aromatic heterocycles. The lowest BCUT2D eigenvalue weighted by molar-refractivity contribution is 0.601. The second-order valence-electron chi connectivity index (χ2n) is 3.55. The van der Waals surface area contributed by atoms with E-state index in [0.717, 1.165) is 18.0 Å². The lowest BCUT2D eigenvalue weighted by Gasteiger charge is -2.10. The van der Waals surface area contributed by atoms with E-state index < -0.39 is 10.0 Å². The van der Waals surface area contributed by atoms with Crippen LogP contribution in [-0.4, -0.2) is 34.7 Å². The van der Waals surface area contributed by atoms with Gasteiger partial charge in [-0.25, -0.2) is 13.4 Å². The molecule has 0 aromatic carbocycles. The Labute approximate surface area is 114 Å². The van der Waals surface area contributed by atoms with Crippen LogP contribution in [0.4, 0.5) is 10.9 Å². The average molecular weight is 300 g/mol. The first kappa shape index (κ1) is 13.6. The third-order valence-corrected chi connectivity index (χ3v) is 4.13. The van der Waals surface area contributed by atoms with Crippen LogP contribution in [0.1, 0.15) is 13.3 Å². The number of aromatic nitrogens is 4. The van der Waals surface area contributed by atoms with Crippen molar-refractivity contribution in [3.8, 4) is 0 Å². The summed E-state index contributed by atoms with van der Waals surface area (Å²) in [6, 6.07) is 3.03. The van der Waals surface area contributed by atoms with Crippen LogP contribution >= 0.6 is 11.5 Å². The van der Waals surface area contributed by atoms with E-state index in [0.29, 0.717) is 12.4 Å². The van der Waals surface area contributed by atoms with Crippen LogP contribution < -0.4 is 10.0 Å².